The Labute approximate surface area is 116 Å². The van der Waals surface area contributed by atoms with Gasteiger partial charge in [-0.3, -0.25) is 9.78 Å². The number of nitrogens with zero attached hydrogens (tertiary/aromatic N) is 1. The Kier molecular flexibility index (Phi) is 4.63. The van der Waals surface area contributed by atoms with E-state index in [1.807, 2.05) is 24.5 Å². The maximum absolute atomic E-state index is 12.0. The Bertz CT molecular complexity index is 552. The normalized spacial score (nSPS) is 10.4. The number of furan rings is 1. The Morgan fingerprint density at radius 1 is 1.47 bits per heavy atom. The summed E-state index contributed by atoms with van der Waals surface area (Å²) < 4.78 is 5.44. The lowest BCUT2D eigenvalue weighted by Gasteiger charge is -2.03. The fourth-order valence-corrected chi connectivity index (χ4v) is 2.17. The largest absolute Gasteiger partial charge is 0.454 e. The SMILES string of the molecule is CSc1cc(C(=O)NCCc2ccccn2)c(C)o1. The van der Waals surface area contributed by atoms with Crippen LogP contribution in [0.25, 0.3) is 0 Å². The molecule has 0 bridgehead atoms. The zero-order valence-electron chi connectivity index (χ0n) is 11.0. The molecule has 0 aliphatic carbocycles. The molecule has 0 atom stereocenters. The number of carbonyl (C=O) groups is 1. The van der Waals surface area contributed by atoms with Gasteiger partial charge in [0.15, 0.2) is 5.09 Å². The number of hydrogen-bond acceptors (Lipinski definition) is 4. The third-order valence-corrected chi connectivity index (χ3v) is 3.34. The van der Waals surface area contributed by atoms with Gasteiger partial charge in [0, 0.05) is 30.9 Å². The molecule has 2 aromatic rings. The number of nitrogens with one attached hydrogen (secondary N) is 1. The van der Waals surface area contributed by atoms with Crippen LogP contribution in [0, 0.1) is 6.92 Å². The first-order chi connectivity index (χ1) is 9.20. The van der Waals surface area contributed by atoms with Crippen molar-refractivity contribution in [2.75, 3.05) is 12.8 Å². The first-order valence-electron chi connectivity index (χ1n) is 6.03. The van der Waals surface area contributed by atoms with Crippen molar-refractivity contribution >= 4 is 17.7 Å². The monoisotopic (exact) mass is 276 g/mol. The van der Waals surface area contributed by atoms with Crippen LogP contribution in [0.2, 0.25) is 0 Å². The van der Waals surface area contributed by atoms with Gasteiger partial charge in [0.05, 0.1) is 5.56 Å². The summed E-state index contributed by atoms with van der Waals surface area (Å²) in [6.07, 6.45) is 4.39. The van der Waals surface area contributed by atoms with E-state index in [-0.39, 0.29) is 5.91 Å². The molecule has 100 valence electrons. The van der Waals surface area contributed by atoms with Gasteiger partial charge in [-0.05, 0) is 25.3 Å². The third-order valence-electron chi connectivity index (χ3n) is 2.73. The van der Waals surface area contributed by atoms with Gasteiger partial charge in [0.25, 0.3) is 5.91 Å². The summed E-state index contributed by atoms with van der Waals surface area (Å²) in [5.41, 5.74) is 1.57. The van der Waals surface area contributed by atoms with Crippen LogP contribution in [0.4, 0.5) is 0 Å². The number of amides is 1. The first kappa shape index (κ1) is 13.7. The van der Waals surface area contributed by atoms with Gasteiger partial charge in [-0.15, -0.1) is 0 Å². The Morgan fingerprint density at radius 3 is 2.95 bits per heavy atom. The van der Waals surface area contributed by atoms with Crippen LogP contribution in [0.5, 0.6) is 0 Å². The summed E-state index contributed by atoms with van der Waals surface area (Å²) in [5.74, 6) is 0.553. The van der Waals surface area contributed by atoms with E-state index in [4.69, 9.17) is 4.42 Å². The van der Waals surface area contributed by atoms with Crippen molar-refractivity contribution in [3.05, 3.63) is 47.5 Å². The minimum atomic E-state index is -0.0996. The molecule has 0 saturated carbocycles. The van der Waals surface area contributed by atoms with Gasteiger partial charge in [-0.1, -0.05) is 17.8 Å². The van der Waals surface area contributed by atoms with E-state index in [1.165, 1.54) is 11.8 Å². The van der Waals surface area contributed by atoms with Crippen molar-refractivity contribution < 1.29 is 9.21 Å². The molecule has 0 saturated heterocycles. The fraction of sp³-hybridized carbons (Fsp3) is 0.286. The average molecular weight is 276 g/mol. The van der Waals surface area contributed by atoms with E-state index in [2.05, 4.69) is 10.3 Å². The van der Waals surface area contributed by atoms with Gasteiger partial charge >= 0.3 is 0 Å². The van der Waals surface area contributed by atoms with Crippen LogP contribution in [-0.2, 0) is 6.42 Å². The molecule has 1 amide bonds. The zero-order valence-corrected chi connectivity index (χ0v) is 11.8. The molecule has 2 aromatic heterocycles. The molecule has 5 heteroatoms. The van der Waals surface area contributed by atoms with Gasteiger partial charge in [0.2, 0.25) is 0 Å². The maximum atomic E-state index is 12.0. The Hall–Kier alpha value is -1.75. The van der Waals surface area contributed by atoms with Crippen LogP contribution in [0.15, 0.2) is 40.0 Å². The van der Waals surface area contributed by atoms with E-state index in [0.717, 1.165) is 17.2 Å². The molecule has 0 fully saturated rings. The van der Waals surface area contributed by atoms with Crippen LogP contribution in [0.3, 0.4) is 0 Å². The van der Waals surface area contributed by atoms with Gasteiger partial charge in [-0.2, -0.15) is 0 Å². The Morgan fingerprint density at radius 2 is 2.32 bits per heavy atom. The predicted octanol–water partition coefficient (Wildman–Crippen LogP) is 2.68. The molecular formula is C14H16N2O2S. The summed E-state index contributed by atoms with van der Waals surface area (Å²) in [5, 5.41) is 3.63. The molecular weight excluding hydrogens is 260 g/mol. The molecule has 4 nitrogen and oxygen atoms in total. The second-order valence-corrected chi connectivity index (χ2v) is 4.88. The van der Waals surface area contributed by atoms with Crippen molar-refractivity contribution in [2.24, 2.45) is 0 Å². The summed E-state index contributed by atoms with van der Waals surface area (Å²) in [6, 6.07) is 7.53. The molecule has 1 N–H and O–H groups in total. The second kappa shape index (κ2) is 6.43. The summed E-state index contributed by atoms with van der Waals surface area (Å²) in [7, 11) is 0. The van der Waals surface area contributed by atoms with E-state index in [1.54, 1.807) is 19.2 Å². The van der Waals surface area contributed by atoms with E-state index in [0.29, 0.717) is 17.9 Å². The summed E-state index contributed by atoms with van der Waals surface area (Å²) >= 11 is 1.49. The quantitative estimate of drug-likeness (QED) is 0.853. The molecule has 19 heavy (non-hydrogen) atoms. The molecule has 0 aliphatic heterocycles. The number of aromatic nitrogens is 1. The lowest BCUT2D eigenvalue weighted by Crippen LogP contribution is -2.26. The highest BCUT2D eigenvalue weighted by Gasteiger charge is 2.14. The molecule has 0 unspecified atom stereocenters. The first-order valence-corrected chi connectivity index (χ1v) is 7.25. The molecule has 0 aliphatic rings. The van der Waals surface area contributed by atoms with Crippen molar-refractivity contribution in [2.45, 2.75) is 18.4 Å². The topological polar surface area (TPSA) is 55.1 Å². The summed E-state index contributed by atoms with van der Waals surface area (Å²) in [6.45, 7) is 2.36. The molecule has 2 rings (SSSR count). The van der Waals surface area contributed by atoms with Crippen molar-refractivity contribution in [3.63, 3.8) is 0 Å². The maximum Gasteiger partial charge on any atom is 0.254 e. The highest BCUT2D eigenvalue weighted by molar-refractivity contribution is 7.98. The number of thioether (sulfide) groups is 1. The number of hydrogen-bond donors (Lipinski definition) is 1. The number of aryl methyl sites for hydroxylation is 1. The van der Waals surface area contributed by atoms with Gasteiger partial charge < -0.3 is 9.73 Å². The number of pyridine rings is 1. The van der Waals surface area contributed by atoms with Crippen LogP contribution in [0.1, 0.15) is 21.8 Å². The van der Waals surface area contributed by atoms with Crippen LogP contribution >= 0.6 is 11.8 Å². The van der Waals surface area contributed by atoms with Crippen molar-refractivity contribution in [1.29, 1.82) is 0 Å². The highest BCUT2D eigenvalue weighted by Crippen LogP contribution is 2.22. The standard InChI is InChI=1S/C14H16N2O2S/c1-10-12(9-13(18-10)19-2)14(17)16-8-6-11-5-3-4-7-15-11/h3-5,7,9H,6,8H2,1-2H3,(H,16,17). The second-order valence-electron chi connectivity index (χ2n) is 4.07. The van der Waals surface area contributed by atoms with E-state index in [9.17, 15) is 4.79 Å². The molecule has 2 heterocycles. The number of rotatable bonds is 5. The number of carbonyl (C=O) groups excluding carboxylic acids is 1. The predicted molar refractivity (Wildman–Crippen MR) is 75.5 cm³/mol. The zero-order chi connectivity index (χ0) is 13.7. The molecule has 0 spiro atoms. The highest BCUT2D eigenvalue weighted by atomic mass is 32.2. The van der Waals surface area contributed by atoms with Gasteiger partial charge in [0.1, 0.15) is 5.76 Å². The molecule has 0 aromatic carbocycles. The van der Waals surface area contributed by atoms with E-state index < -0.39 is 0 Å². The third kappa shape index (κ3) is 3.61. The van der Waals surface area contributed by atoms with Crippen LogP contribution in [-0.4, -0.2) is 23.7 Å². The van der Waals surface area contributed by atoms with Crippen LogP contribution < -0.4 is 5.32 Å². The summed E-state index contributed by atoms with van der Waals surface area (Å²) in [4.78, 5) is 16.2. The minimum absolute atomic E-state index is 0.0996. The molecule has 0 radical (unpaired) electrons. The van der Waals surface area contributed by atoms with E-state index >= 15 is 0 Å². The lowest BCUT2D eigenvalue weighted by molar-refractivity contribution is 0.0952. The minimum Gasteiger partial charge on any atom is -0.454 e. The van der Waals surface area contributed by atoms with Crippen molar-refractivity contribution in [1.82, 2.24) is 10.3 Å². The fourth-order valence-electron chi connectivity index (χ4n) is 1.73. The smallest absolute Gasteiger partial charge is 0.254 e. The Balaban J connectivity index is 1.89. The van der Waals surface area contributed by atoms with Crippen molar-refractivity contribution in [3.8, 4) is 0 Å². The lowest BCUT2D eigenvalue weighted by atomic mass is 10.2. The van der Waals surface area contributed by atoms with Gasteiger partial charge in [-0.25, -0.2) is 0 Å². The average Bonchev–Trinajstić information content (AvgIpc) is 2.81.